The van der Waals surface area contributed by atoms with E-state index in [1.54, 1.807) is 30.6 Å². The molecule has 16 heavy (non-hydrogen) atoms. The van der Waals surface area contributed by atoms with Gasteiger partial charge in [0.25, 0.3) is 0 Å². The average molecular weight is 254 g/mol. The van der Waals surface area contributed by atoms with Crippen molar-refractivity contribution >= 4 is 23.2 Å². The first-order chi connectivity index (χ1) is 7.68. The van der Waals surface area contributed by atoms with Crippen molar-refractivity contribution in [2.45, 2.75) is 6.04 Å². The monoisotopic (exact) mass is 253 g/mol. The summed E-state index contributed by atoms with van der Waals surface area (Å²) in [5.41, 5.74) is 6.84. The van der Waals surface area contributed by atoms with Gasteiger partial charge in [0.15, 0.2) is 0 Å². The van der Waals surface area contributed by atoms with E-state index < -0.39 is 6.04 Å². The second-order valence-corrected chi connectivity index (χ2v) is 4.07. The van der Waals surface area contributed by atoms with Gasteiger partial charge in [0.1, 0.15) is 5.82 Å². The quantitative estimate of drug-likeness (QED) is 0.896. The number of rotatable bonds is 2. The first-order valence-corrected chi connectivity index (χ1v) is 5.41. The van der Waals surface area contributed by atoms with Crippen LogP contribution in [0.3, 0.4) is 0 Å². The van der Waals surface area contributed by atoms with Crippen molar-refractivity contribution < 1.29 is 0 Å². The second kappa shape index (κ2) is 4.78. The third-order valence-corrected chi connectivity index (χ3v) is 2.91. The molecule has 2 rings (SSSR count). The fourth-order valence-corrected chi connectivity index (χ4v) is 1.63. The smallest absolute Gasteiger partial charge is 0.149 e. The standard InChI is InChI=1S/C11H9Cl2N3/c12-8-3-2-7(6-9(8)13)10(14)11-15-4-1-5-16-11/h1-6,10H,14H2. The van der Waals surface area contributed by atoms with Crippen molar-refractivity contribution in [3.05, 3.63) is 58.1 Å². The van der Waals surface area contributed by atoms with Gasteiger partial charge in [-0.3, -0.25) is 0 Å². The van der Waals surface area contributed by atoms with Crippen LogP contribution < -0.4 is 5.73 Å². The van der Waals surface area contributed by atoms with Crippen molar-refractivity contribution in [3.8, 4) is 0 Å². The van der Waals surface area contributed by atoms with Gasteiger partial charge in [0.05, 0.1) is 16.1 Å². The van der Waals surface area contributed by atoms with E-state index in [9.17, 15) is 0 Å². The number of nitrogens with zero attached hydrogens (tertiary/aromatic N) is 2. The molecule has 0 aliphatic heterocycles. The van der Waals surface area contributed by atoms with Crippen molar-refractivity contribution in [1.29, 1.82) is 0 Å². The van der Waals surface area contributed by atoms with Crippen molar-refractivity contribution in [3.63, 3.8) is 0 Å². The SMILES string of the molecule is NC(c1ccc(Cl)c(Cl)c1)c1ncccn1. The maximum absolute atomic E-state index is 6.01. The molecule has 0 bridgehead atoms. The Morgan fingerprint density at radius 1 is 1.06 bits per heavy atom. The third-order valence-electron chi connectivity index (χ3n) is 2.17. The van der Waals surface area contributed by atoms with Gasteiger partial charge in [-0.05, 0) is 23.8 Å². The predicted molar refractivity (Wildman–Crippen MR) is 64.5 cm³/mol. The van der Waals surface area contributed by atoms with Crippen LogP contribution in [0.4, 0.5) is 0 Å². The molecular formula is C11H9Cl2N3. The highest BCUT2D eigenvalue weighted by Crippen LogP contribution is 2.26. The van der Waals surface area contributed by atoms with Crippen molar-refractivity contribution in [1.82, 2.24) is 9.97 Å². The van der Waals surface area contributed by atoms with Gasteiger partial charge in [0.2, 0.25) is 0 Å². The normalized spacial score (nSPS) is 12.4. The Balaban J connectivity index is 2.34. The molecule has 5 heteroatoms. The number of nitrogens with two attached hydrogens (primary N) is 1. The van der Waals surface area contributed by atoms with Crippen LogP contribution in [0.1, 0.15) is 17.4 Å². The average Bonchev–Trinajstić information content (AvgIpc) is 2.33. The Hall–Kier alpha value is -1.16. The Labute approximate surface area is 103 Å². The van der Waals surface area contributed by atoms with E-state index in [1.165, 1.54) is 0 Å². The van der Waals surface area contributed by atoms with Gasteiger partial charge in [-0.15, -0.1) is 0 Å². The lowest BCUT2D eigenvalue weighted by atomic mass is 10.1. The van der Waals surface area contributed by atoms with E-state index in [4.69, 9.17) is 28.9 Å². The van der Waals surface area contributed by atoms with Crippen molar-refractivity contribution in [2.24, 2.45) is 5.73 Å². The maximum Gasteiger partial charge on any atom is 0.149 e. The Bertz CT molecular complexity index is 488. The number of hydrogen-bond acceptors (Lipinski definition) is 3. The van der Waals surface area contributed by atoms with E-state index in [2.05, 4.69) is 9.97 Å². The molecule has 1 unspecified atom stereocenters. The molecule has 0 saturated carbocycles. The first-order valence-electron chi connectivity index (χ1n) is 4.66. The van der Waals surface area contributed by atoms with Gasteiger partial charge in [-0.1, -0.05) is 29.3 Å². The lowest BCUT2D eigenvalue weighted by Gasteiger charge is -2.10. The molecule has 0 radical (unpaired) electrons. The van der Waals surface area contributed by atoms with E-state index >= 15 is 0 Å². The number of halogens is 2. The minimum atomic E-state index is -0.393. The number of aromatic nitrogens is 2. The molecule has 0 amide bonds. The largest absolute Gasteiger partial charge is 0.318 e. The lowest BCUT2D eigenvalue weighted by molar-refractivity contribution is 0.780. The van der Waals surface area contributed by atoms with Crippen LogP contribution in [-0.4, -0.2) is 9.97 Å². The molecule has 82 valence electrons. The summed E-state index contributed by atoms with van der Waals surface area (Å²) in [5.74, 6) is 0.556. The molecule has 1 aromatic carbocycles. The van der Waals surface area contributed by atoms with Crippen LogP contribution >= 0.6 is 23.2 Å². The molecule has 0 fully saturated rings. The number of benzene rings is 1. The van der Waals surface area contributed by atoms with Gasteiger partial charge >= 0.3 is 0 Å². The zero-order valence-electron chi connectivity index (χ0n) is 8.27. The Morgan fingerprint density at radius 2 is 1.75 bits per heavy atom. The van der Waals surface area contributed by atoms with E-state index in [0.717, 1.165) is 5.56 Å². The summed E-state index contributed by atoms with van der Waals surface area (Å²) in [6.07, 6.45) is 3.30. The molecule has 1 heterocycles. The molecule has 0 spiro atoms. The Kier molecular flexibility index (Phi) is 3.39. The van der Waals surface area contributed by atoms with Gasteiger partial charge in [-0.2, -0.15) is 0 Å². The predicted octanol–water partition coefficient (Wildman–Crippen LogP) is 2.83. The summed E-state index contributed by atoms with van der Waals surface area (Å²) in [5, 5.41) is 0.983. The van der Waals surface area contributed by atoms with Crippen molar-refractivity contribution in [2.75, 3.05) is 0 Å². The molecule has 2 N–H and O–H groups in total. The molecule has 0 aliphatic rings. The molecule has 1 atom stereocenters. The highest BCUT2D eigenvalue weighted by molar-refractivity contribution is 6.42. The van der Waals surface area contributed by atoms with Crippen LogP contribution in [0.5, 0.6) is 0 Å². The highest BCUT2D eigenvalue weighted by atomic mass is 35.5. The molecule has 0 saturated heterocycles. The summed E-state index contributed by atoms with van der Waals surface area (Å²) in [6.45, 7) is 0. The topological polar surface area (TPSA) is 51.8 Å². The second-order valence-electron chi connectivity index (χ2n) is 3.26. The minimum Gasteiger partial charge on any atom is -0.318 e. The lowest BCUT2D eigenvalue weighted by Crippen LogP contribution is -2.14. The summed E-state index contributed by atoms with van der Waals surface area (Å²) in [6, 6.07) is 6.60. The van der Waals surface area contributed by atoms with Crippen LogP contribution in [0.25, 0.3) is 0 Å². The fourth-order valence-electron chi connectivity index (χ4n) is 1.33. The summed E-state index contributed by atoms with van der Waals surface area (Å²) >= 11 is 11.7. The van der Waals surface area contributed by atoms with Crippen LogP contribution in [0, 0.1) is 0 Å². The highest BCUT2D eigenvalue weighted by Gasteiger charge is 2.12. The fraction of sp³-hybridized carbons (Fsp3) is 0.0909. The van der Waals surface area contributed by atoms with E-state index in [1.807, 2.05) is 6.07 Å². The minimum absolute atomic E-state index is 0.393. The molecule has 2 aromatic rings. The summed E-state index contributed by atoms with van der Waals surface area (Å²) in [4.78, 5) is 8.19. The molecule has 1 aromatic heterocycles. The number of hydrogen-bond donors (Lipinski definition) is 1. The van der Waals surface area contributed by atoms with Crippen LogP contribution in [0.15, 0.2) is 36.7 Å². The zero-order valence-corrected chi connectivity index (χ0v) is 9.78. The molecular weight excluding hydrogens is 245 g/mol. The molecule has 0 aliphatic carbocycles. The Morgan fingerprint density at radius 3 is 2.38 bits per heavy atom. The van der Waals surface area contributed by atoms with Gasteiger partial charge < -0.3 is 5.73 Å². The third kappa shape index (κ3) is 2.32. The van der Waals surface area contributed by atoms with Crippen LogP contribution in [-0.2, 0) is 0 Å². The van der Waals surface area contributed by atoms with E-state index in [0.29, 0.717) is 15.9 Å². The zero-order chi connectivity index (χ0) is 11.5. The molecule has 3 nitrogen and oxygen atoms in total. The summed E-state index contributed by atoms with van der Waals surface area (Å²) < 4.78 is 0. The van der Waals surface area contributed by atoms with Gasteiger partial charge in [0, 0.05) is 12.4 Å². The van der Waals surface area contributed by atoms with Crippen LogP contribution in [0.2, 0.25) is 10.0 Å². The van der Waals surface area contributed by atoms with E-state index in [-0.39, 0.29) is 0 Å². The maximum atomic E-state index is 6.01. The van der Waals surface area contributed by atoms with Gasteiger partial charge in [-0.25, -0.2) is 9.97 Å². The summed E-state index contributed by atoms with van der Waals surface area (Å²) in [7, 11) is 0. The first kappa shape index (κ1) is 11.3.